The SMILES string of the molecule is Cc1ccc(NC(=O)CCN(Cc2ccc(F)cc2)S(C)(=O)=O)cc1Cl. The molecule has 0 aliphatic rings. The van der Waals surface area contributed by atoms with Crippen molar-refractivity contribution in [3.8, 4) is 0 Å². The molecule has 2 aromatic rings. The minimum absolute atomic E-state index is 0.0141. The molecule has 0 aromatic heterocycles. The van der Waals surface area contributed by atoms with E-state index < -0.39 is 15.8 Å². The van der Waals surface area contributed by atoms with Gasteiger partial charge in [0, 0.05) is 30.2 Å². The number of sulfonamides is 1. The van der Waals surface area contributed by atoms with E-state index in [1.54, 1.807) is 18.2 Å². The summed E-state index contributed by atoms with van der Waals surface area (Å²) in [5.41, 5.74) is 2.09. The molecule has 0 atom stereocenters. The van der Waals surface area contributed by atoms with Gasteiger partial charge in [-0.25, -0.2) is 12.8 Å². The van der Waals surface area contributed by atoms with Crippen LogP contribution in [0.1, 0.15) is 17.5 Å². The number of nitrogens with zero attached hydrogens (tertiary/aromatic N) is 1. The molecule has 0 heterocycles. The van der Waals surface area contributed by atoms with Crippen LogP contribution in [0.4, 0.5) is 10.1 Å². The molecule has 0 unspecified atom stereocenters. The molecule has 2 aromatic carbocycles. The summed E-state index contributed by atoms with van der Waals surface area (Å²) in [6.07, 6.45) is 1.06. The Hall–Kier alpha value is -1.96. The standard InChI is InChI=1S/C18H20ClFN2O3S/c1-13-3-8-16(11-17(13)19)21-18(23)9-10-22(26(2,24)25)12-14-4-6-15(20)7-5-14/h3-8,11H,9-10,12H2,1-2H3,(H,21,23). The molecule has 0 saturated heterocycles. The quantitative estimate of drug-likeness (QED) is 0.775. The van der Waals surface area contributed by atoms with Crippen LogP contribution in [0.2, 0.25) is 5.02 Å². The summed E-state index contributed by atoms with van der Waals surface area (Å²) in [4.78, 5) is 12.1. The van der Waals surface area contributed by atoms with Crippen LogP contribution in [0.5, 0.6) is 0 Å². The van der Waals surface area contributed by atoms with Crippen molar-refractivity contribution in [1.82, 2.24) is 4.31 Å². The summed E-state index contributed by atoms with van der Waals surface area (Å²) in [6, 6.07) is 10.7. The van der Waals surface area contributed by atoms with Gasteiger partial charge in [0.25, 0.3) is 0 Å². The van der Waals surface area contributed by atoms with Crippen LogP contribution in [0.15, 0.2) is 42.5 Å². The highest BCUT2D eigenvalue weighted by atomic mass is 35.5. The third-order valence-corrected chi connectivity index (χ3v) is 5.44. The highest BCUT2D eigenvalue weighted by Gasteiger charge is 2.18. The van der Waals surface area contributed by atoms with Crippen molar-refractivity contribution in [2.24, 2.45) is 0 Å². The van der Waals surface area contributed by atoms with E-state index in [9.17, 15) is 17.6 Å². The lowest BCUT2D eigenvalue weighted by atomic mass is 10.2. The summed E-state index contributed by atoms with van der Waals surface area (Å²) < 4.78 is 38.1. The Balaban J connectivity index is 1.98. The van der Waals surface area contributed by atoms with Crippen LogP contribution < -0.4 is 5.32 Å². The minimum Gasteiger partial charge on any atom is -0.326 e. The normalized spacial score (nSPS) is 11.6. The molecule has 2 rings (SSSR count). The van der Waals surface area contributed by atoms with Crippen LogP contribution in [0.3, 0.4) is 0 Å². The van der Waals surface area contributed by atoms with Gasteiger partial charge in [-0.15, -0.1) is 0 Å². The van der Waals surface area contributed by atoms with E-state index in [0.717, 1.165) is 11.8 Å². The number of aryl methyl sites for hydroxylation is 1. The highest BCUT2D eigenvalue weighted by Crippen LogP contribution is 2.20. The lowest BCUT2D eigenvalue weighted by Crippen LogP contribution is -2.32. The number of carbonyl (C=O) groups excluding carboxylic acids is 1. The van der Waals surface area contributed by atoms with Crippen LogP contribution in [-0.4, -0.2) is 31.4 Å². The number of anilines is 1. The molecular formula is C18H20ClFN2O3S. The van der Waals surface area contributed by atoms with Crippen LogP contribution in [-0.2, 0) is 21.4 Å². The fourth-order valence-corrected chi connectivity index (χ4v) is 3.26. The van der Waals surface area contributed by atoms with E-state index in [-0.39, 0.29) is 25.4 Å². The van der Waals surface area contributed by atoms with Gasteiger partial charge < -0.3 is 5.32 Å². The molecule has 1 amide bonds. The molecule has 0 radical (unpaired) electrons. The van der Waals surface area contributed by atoms with Gasteiger partial charge in [-0.05, 0) is 42.3 Å². The largest absolute Gasteiger partial charge is 0.326 e. The van der Waals surface area contributed by atoms with Crippen LogP contribution in [0, 0.1) is 12.7 Å². The fourth-order valence-electron chi connectivity index (χ4n) is 2.28. The third-order valence-electron chi connectivity index (χ3n) is 3.79. The van der Waals surface area contributed by atoms with E-state index in [2.05, 4.69) is 5.32 Å². The smallest absolute Gasteiger partial charge is 0.225 e. The van der Waals surface area contributed by atoms with Gasteiger partial charge in [0.15, 0.2) is 0 Å². The molecule has 140 valence electrons. The zero-order chi connectivity index (χ0) is 19.3. The van der Waals surface area contributed by atoms with Crippen molar-refractivity contribution >= 4 is 33.2 Å². The van der Waals surface area contributed by atoms with Crippen molar-refractivity contribution < 1.29 is 17.6 Å². The number of amides is 1. The predicted molar refractivity (Wildman–Crippen MR) is 101 cm³/mol. The van der Waals surface area contributed by atoms with Crippen LogP contribution in [0.25, 0.3) is 0 Å². The number of hydrogen-bond acceptors (Lipinski definition) is 3. The topological polar surface area (TPSA) is 66.5 Å². The Morgan fingerprint density at radius 2 is 1.85 bits per heavy atom. The van der Waals surface area contributed by atoms with Crippen molar-refractivity contribution in [2.45, 2.75) is 19.9 Å². The summed E-state index contributed by atoms with van der Waals surface area (Å²) in [6.45, 7) is 1.94. The summed E-state index contributed by atoms with van der Waals surface area (Å²) in [5.74, 6) is -0.714. The molecule has 5 nitrogen and oxygen atoms in total. The summed E-state index contributed by atoms with van der Waals surface area (Å²) in [5, 5.41) is 3.23. The first-order valence-corrected chi connectivity index (χ1v) is 10.1. The molecule has 26 heavy (non-hydrogen) atoms. The first kappa shape index (κ1) is 20.4. The van der Waals surface area contributed by atoms with Crippen molar-refractivity contribution in [3.05, 3.63) is 64.4 Å². The van der Waals surface area contributed by atoms with E-state index in [1.807, 2.05) is 6.92 Å². The Morgan fingerprint density at radius 1 is 1.19 bits per heavy atom. The Labute approximate surface area is 157 Å². The number of nitrogens with one attached hydrogen (secondary N) is 1. The Morgan fingerprint density at radius 3 is 2.42 bits per heavy atom. The number of halogens is 2. The summed E-state index contributed by atoms with van der Waals surface area (Å²) >= 11 is 6.02. The maximum atomic E-state index is 13.0. The highest BCUT2D eigenvalue weighted by molar-refractivity contribution is 7.88. The molecule has 8 heteroatoms. The maximum Gasteiger partial charge on any atom is 0.225 e. The first-order valence-electron chi connectivity index (χ1n) is 7.91. The Bertz CT molecular complexity index is 886. The molecular weight excluding hydrogens is 379 g/mol. The average molecular weight is 399 g/mol. The Kier molecular flexibility index (Phi) is 6.75. The number of carbonyl (C=O) groups is 1. The lowest BCUT2D eigenvalue weighted by Gasteiger charge is -2.20. The predicted octanol–water partition coefficient (Wildman–Crippen LogP) is 3.58. The van der Waals surface area contributed by atoms with Gasteiger partial charge in [-0.2, -0.15) is 4.31 Å². The maximum absolute atomic E-state index is 13.0. The second-order valence-electron chi connectivity index (χ2n) is 5.99. The fraction of sp³-hybridized carbons (Fsp3) is 0.278. The molecule has 0 fully saturated rings. The van der Waals surface area contributed by atoms with Crippen molar-refractivity contribution in [3.63, 3.8) is 0 Å². The second-order valence-corrected chi connectivity index (χ2v) is 8.37. The number of hydrogen-bond donors (Lipinski definition) is 1. The average Bonchev–Trinajstić information content (AvgIpc) is 2.55. The second kappa shape index (κ2) is 8.62. The molecule has 0 aliphatic heterocycles. The monoisotopic (exact) mass is 398 g/mol. The molecule has 1 N–H and O–H groups in total. The van der Waals surface area contributed by atoms with Gasteiger partial charge in [0.05, 0.1) is 6.26 Å². The zero-order valence-electron chi connectivity index (χ0n) is 14.5. The van der Waals surface area contributed by atoms with Gasteiger partial charge in [0.2, 0.25) is 15.9 Å². The van der Waals surface area contributed by atoms with Crippen LogP contribution >= 0.6 is 11.6 Å². The summed E-state index contributed by atoms with van der Waals surface area (Å²) in [7, 11) is -3.52. The number of rotatable bonds is 7. The minimum atomic E-state index is -3.52. The van der Waals surface area contributed by atoms with Gasteiger partial charge in [-0.3, -0.25) is 4.79 Å². The van der Waals surface area contributed by atoms with Gasteiger partial charge >= 0.3 is 0 Å². The van der Waals surface area contributed by atoms with Gasteiger partial charge in [0.1, 0.15) is 5.82 Å². The van der Waals surface area contributed by atoms with Crippen molar-refractivity contribution in [2.75, 3.05) is 18.1 Å². The number of benzene rings is 2. The lowest BCUT2D eigenvalue weighted by molar-refractivity contribution is -0.116. The first-order chi connectivity index (χ1) is 12.1. The molecule has 0 bridgehead atoms. The van der Waals surface area contributed by atoms with E-state index in [4.69, 9.17) is 11.6 Å². The van der Waals surface area contributed by atoms with Crippen molar-refractivity contribution in [1.29, 1.82) is 0 Å². The van der Waals surface area contributed by atoms with E-state index in [1.165, 1.54) is 28.6 Å². The van der Waals surface area contributed by atoms with E-state index in [0.29, 0.717) is 16.3 Å². The van der Waals surface area contributed by atoms with Gasteiger partial charge in [-0.1, -0.05) is 29.8 Å². The molecule has 0 saturated carbocycles. The van der Waals surface area contributed by atoms with E-state index >= 15 is 0 Å². The molecule has 0 spiro atoms. The zero-order valence-corrected chi connectivity index (χ0v) is 16.1. The molecule has 0 aliphatic carbocycles. The third kappa shape index (κ3) is 6.09.